The fourth-order valence-electron chi connectivity index (χ4n) is 5.43. The number of amides is 2. The lowest BCUT2D eigenvalue weighted by molar-refractivity contribution is -0.138. The molecule has 1 fully saturated rings. The average Bonchev–Trinajstić information content (AvgIpc) is 2.90. The molecular formula is C28H29ClN4O3. The van der Waals surface area contributed by atoms with Gasteiger partial charge in [-0.1, -0.05) is 60.8 Å². The van der Waals surface area contributed by atoms with Crippen molar-refractivity contribution in [1.29, 1.82) is 0 Å². The molecule has 2 heterocycles. The van der Waals surface area contributed by atoms with Gasteiger partial charge in [0.2, 0.25) is 0 Å². The number of nitrogens with two attached hydrogens (primary N) is 1. The van der Waals surface area contributed by atoms with Crippen molar-refractivity contribution >= 4 is 23.4 Å². The summed E-state index contributed by atoms with van der Waals surface area (Å²) >= 11 is 6.19. The zero-order chi connectivity index (χ0) is 25.1. The minimum atomic E-state index is -0.696. The Labute approximate surface area is 215 Å². The summed E-state index contributed by atoms with van der Waals surface area (Å²) in [6.45, 7) is 0.128. The maximum absolute atomic E-state index is 14.0. The molecule has 1 aliphatic carbocycles. The molecule has 0 bridgehead atoms. The molecule has 2 amide bonds. The Morgan fingerprint density at radius 3 is 2.56 bits per heavy atom. The molecule has 0 radical (unpaired) electrons. The number of nitrogens with one attached hydrogen (secondary N) is 1. The van der Waals surface area contributed by atoms with E-state index in [0.29, 0.717) is 21.8 Å². The van der Waals surface area contributed by atoms with Gasteiger partial charge in [0.25, 0.3) is 11.8 Å². The Kier molecular flexibility index (Phi) is 7.32. The number of fused-ring (bicyclic) bond motifs is 1. The molecule has 7 nitrogen and oxygen atoms in total. The van der Waals surface area contributed by atoms with Crippen molar-refractivity contribution in [3.05, 3.63) is 100 Å². The van der Waals surface area contributed by atoms with Crippen LogP contribution in [0, 0.1) is 0 Å². The zero-order valence-electron chi connectivity index (χ0n) is 19.8. The van der Waals surface area contributed by atoms with Gasteiger partial charge < -0.3 is 10.6 Å². The van der Waals surface area contributed by atoms with Crippen LogP contribution in [0.1, 0.15) is 64.8 Å². The van der Waals surface area contributed by atoms with Gasteiger partial charge in [0.15, 0.2) is 0 Å². The lowest BCUT2D eigenvalue weighted by atomic mass is 9.76. The third-order valence-electron chi connectivity index (χ3n) is 7.13. The fraction of sp³-hybridized carbons (Fsp3) is 0.321. The van der Waals surface area contributed by atoms with Gasteiger partial charge in [-0.05, 0) is 54.3 Å². The van der Waals surface area contributed by atoms with Crippen LogP contribution in [0.25, 0.3) is 0 Å². The first-order chi connectivity index (χ1) is 17.5. The molecule has 2 aliphatic rings. The van der Waals surface area contributed by atoms with E-state index < -0.39 is 12.0 Å². The van der Waals surface area contributed by atoms with E-state index in [1.54, 1.807) is 24.4 Å². The molecule has 186 valence electrons. The number of rotatable bonds is 6. The Morgan fingerprint density at radius 1 is 1.06 bits per heavy atom. The molecule has 3 N–H and O–H groups in total. The number of nitrogens with zero attached hydrogens (tertiary/aromatic N) is 2. The first-order valence-electron chi connectivity index (χ1n) is 12.3. The third kappa shape index (κ3) is 4.87. The number of hydrogen-bond acceptors (Lipinski definition) is 5. The van der Waals surface area contributed by atoms with Crippen LogP contribution in [0.5, 0.6) is 0 Å². The van der Waals surface area contributed by atoms with Gasteiger partial charge in [-0.15, -0.1) is 0 Å². The van der Waals surface area contributed by atoms with Crippen molar-refractivity contribution in [2.75, 3.05) is 0 Å². The molecule has 1 saturated carbocycles. The molecule has 3 aromatic rings. The highest BCUT2D eigenvalue weighted by atomic mass is 35.5. The number of pyridine rings is 1. The van der Waals surface area contributed by atoms with Crippen LogP contribution in [0.4, 0.5) is 0 Å². The quantitative estimate of drug-likeness (QED) is 0.480. The predicted octanol–water partition coefficient (Wildman–Crippen LogP) is 4.53. The monoisotopic (exact) mass is 504 g/mol. The Hall–Kier alpha value is -3.26. The van der Waals surface area contributed by atoms with Gasteiger partial charge in [0.05, 0.1) is 17.7 Å². The SMILES string of the molecule is N[C@H]1CCCC[C@@H]1N1C(=O)c2ccccc2[C@@H](C(=O)NOCc2ccccn2)[C@@H]1c1ccc(Cl)cc1. The van der Waals surface area contributed by atoms with Gasteiger partial charge in [-0.25, -0.2) is 5.48 Å². The number of carbonyl (C=O) groups is 2. The standard InChI is InChI=1S/C28H29ClN4O3/c29-19-14-12-18(13-15-19)26-25(27(34)32-36-17-20-7-5-6-16-31-20)21-8-1-2-9-22(21)28(35)33(26)24-11-4-3-10-23(24)30/h1-2,5-9,12-16,23-26H,3-4,10-11,17,30H2,(H,32,34)/t23-,24-,25+,26-/m0/s1. The van der Waals surface area contributed by atoms with Crippen LogP contribution in [0.15, 0.2) is 72.9 Å². The zero-order valence-corrected chi connectivity index (χ0v) is 20.6. The van der Waals surface area contributed by atoms with E-state index in [1.165, 1.54) is 0 Å². The molecule has 4 atom stereocenters. The number of carbonyl (C=O) groups excluding carboxylic acids is 2. The summed E-state index contributed by atoms with van der Waals surface area (Å²) in [7, 11) is 0. The van der Waals surface area contributed by atoms with Gasteiger partial charge in [0.1, 0.15) is 6.61 Å². The first-order valence-corrected chi connectivity index (χ1v) is 12.7. The van der Waals surface area contributed by atoms with Crippen molar-refractivity contribution in [3.8, 4) is 0 Å². The second-order valence-corrected chi connectivity index (χ2v) is 9.80. The summed E-state index contributed by atoms with van der Waals surface area (Å²) in [5.74, 6) is -1.13. The summed E-state index contributed by atoms with van der Waals surface area (Å²) in [5.41, 5.74) is 11.9. The molecular weight excluding hydrogens is 476 g/mol. The number of benzene rings is 2. The van der Waals surface area contributed by atoms with Crippen LogP contribution in [-0.2, 0) is 16.2 Å². The molecule has 36 heavy (non-hydrogen) atoms. The van der Waals surface area contributed by atoms with Crippen molar-refractivity contribution in [2.45, 2.75) is 56.3 Å². The summed E-state index contributed by atoms with van der Waals surface area (Å²) in [4.78, 5) is 39.4. The molecule has 2 aromatic carbocycles. The topological polar surface area (TPSA) is 97.5 Å². The minimum Gasteiger partial charge on any atom is -0.326 e. The highest BCUT2D eigenvalue weighted by Gasteiger charge is 2.48. The highest BCUT2D eigenvalue weighted by Crippen LogP contribution is 2.45. The van der Waals surface area contributed by atoms with E-state index in [-0.39, 0.29) is 30.5 Å². The molecule has 1 aliphatic heterocycles. The number of hydrogen-bond donors (Lipinski definition) is 2. The van der Waals surface area contributed by atoms with Crippen molar-refractivity contribution in [3.63, 3.8) is 0 Å². The average molecular weight is 505 g/mol. The Bertz CT molecular complexity index is 1220. The maximum Gasteiger partial charge on any atom is 0.255 e. The van der Waals surface area contributed by atoms with E-state index in [1.807, 2.05) is 53.4 Å². The van der Waals surface area contributed by atoms with Gasteiger partial charge in [-0.3, -0.25) is 19.4 Å². The number of aromatic nitrogens is 1. The van der Waals surface area contributed by atoms with Gasteiger partial charge >= 0.3 is 0 Å². The molecule has 0 unspecified atom stereocenters. The molecule has 0 saturated heterocycles. The predicted molar refractivity (Wildman–Crippen MR) is 137 cm³/mol. The Morgan fingerprint density at radius 2 is 1.81 bits per heavy atom. The normalized spacial score (nSPS) is 23.7. The fourth-order valence-corrected chi connectivity index (χ4v) is 5.55. The third-order valence-corrected chi connectivity index (χ3v) is 7.38. The van der Waals surface area contributed by atoms with Crippen molar-refractivity contribution in [2.24, 2.45) is 5.73 Å². The van der Waals surface area contributed by atoms with Crippen LogP contribution in [0.3, 0.4) is 0 Å². The maximum atomic E-state index is 14.0. The summed E-state index contributed by atoms with van der Waals surface area (Å²) < 4.78 is 0. The molecule has 8 heteroatoms. The van der Waals surface area contributed by atoms with E-state index in [2.05, 4.69) is 10.5 Å². The van der Waals surface area contributed by atoms with E-state index in [9.17, 15) is 9.59 Å². The van der Waals surface area contributed by atoms with Gasteiger partial charge in [0, 0.05) is 28.9 Å². The first kappa shape index (κ1) is 24.4. The second-order valence-electron chi connectivity index (χ2n) is 9.37. The molecule has 0 spiro atoms. The summed E-state index contributed by atoms with van der Waals surface area (Å²) in [6.07, 6.45) is 5.33. The second kappa shape index (κ2) is 10.8. The lowest BCUT2D eigenvalue weighted by Gasteiger charge is -2.48. The van der Waals surface area contributed by atoms with Gasteiger partial charge in [-0.2, -0.15) is 0 Å². The van der Waals surface area contributed by atoms with Crippen LogP contribution in [-0.4, -0.2) is 33.8 Å². The summed E-state index contributed by atoms with van der Waals surface area (Å²) in [5, 5.41) is 0.585. The highest BCUT2D eigenvalue weighted by molar-refractivity contribution is 6.30. The van der Waals surface area contributed by atoms with Crippen LogP contribution in [0.2, 0.25) is 5.02 Å². The Balaban J connectivity index is 1.54. The van der Waals surface area contributed by atoms with E-state index >= 15 is 0 Å². The molecule has 5 rings (SSSR count). The van der Waals surface area contributed by atoms with Crippen molar-refractivity contribution < 1.29 is 14.4 Å². The largest absolute Gasteiger partial charge is 0.326 e. The van der Waals surface area contributed by atoms with Crippen LogP contribution < -0.4 is 11.2 Å². The number of hydroxylamine groups is 1. The minimum absolute atomic E-state index is 0.105. The van der Waals surface area contributed by atoms with Crippen LogP contribution >= 0.6 is 11.6 Å². The smallest absolute Gasteiger partial charge is 0.255 e. The van der Waals surface area contributed by atoms with E-state index in [4.69, 9.17) is 22.2 Å². The molecule has 1 aromatic heterocycles. The van der Waals surface area contributed by atoms with Crippen molar-refractivity contribution in [1.82, 2.24) is 15.4 Å². The van der Waals surface area contributed by atoms with E-state index in [0.717, 1.165) is 31.2 Å². The summed E-state index contributed by atoms with van der Waals surface area (Å²) in [6, 6.07) is 19.2. The number of halogens is 1. The lowest BCUT2D eigenvalue weighted by Crippen LogP contribution is -2.57.